The number of hydrogen-bond donors (Lipinski definition) is 2. The van der Waals surface area contributed by atoms with E-state index in [2.05, 4.69) is 41.8 Å². The van der Waals surface area contributed by atoms with Gasteiger partial charge in [0.2, 0.25) is 5.91 Å². The Hall–Kier alpha value is -2.13. The summed E-state index contributed by atoms with van der Waals surface area (Å²) in [5, 5.41) is 6.42. The van der Waals surface area contributed by atoms with E-state index in [1.807, 2.05) is 30.3 Å². The fraction of sp³-hybridized carbons (Fsp3) is 0.409. The van der Waals surface area contributed by atoms with Crippen LogP contribution < -0.4 is 10.6 Å². The van der Waals surface area contributed by atoms with Crippen molar-refractivity contribution in [3.05, 3.63) is 65.7 Å². The molecule has 3 heteroatoms. The number of carbonyl (C=O) groups excluding carboxylic acids is 1. The minimum absolute atomic E-state index is 0.0969. The van der Waals surface area contributed by atoms with E-state index in [4.69, 9.17) is 0 Å². The molecule has 3 nitrogen and oxygen atoms in total. The second kappa shape index (κ2) is 11.4. The number of rotatable bonds is 11. The third-order valence-corrected chi connectivity index (χ3v) is 4.27. The van der Waals surface area contributed by atoms with Gasteiger partial charge in [0.15, 0.2) is 0 Å². The number of benzene rings is 2. The van der Waals surface area contributed by atoms with E-state index in [0.717, 1.165) is 44.5 Å². The molecule has 0 spiro atoms. The summed E-state index contributed by atoms with van der Waals surface area (Å²) in [7, 11) is 0. The van der Waals surface area contributed by atoms with Crippen molar-refractivity contribution in [3.8, 4) is 0 Å². The molecular weight excluding hydrogens is 308 g/mol. The van der Waals surface area contributed by atoms with E-state index in [9.17, 15) is 4.79 Å². The lowest BCUT2D eigenvalue weighted by atomic mass is 10.0. The average molecular weight is 338 g/mol. The first-order valence-corrected chi connectivity index (χ1v) is 9.42. The first-order chi connectivity index (χ1) is 12.3. The molecule has 0 saturated heterocycles. The standard InChI is InChI=1S/C22H30N2O/c1-2-10-19-11-6-7-12-20(19)16-18-23-17-9-8-15-22(25)24-21-13-4-3-5-14-21/h3-7,11-14,23H,2,8-10,15-18H2,1H3,(H,24,25). The third-order valence-electron chi connectivity index (χ3n) is 4.27. The molecular formula is C22H30N2O. The van der Waals surface area contributed by atoms with Gasteiger partial charge in [-0.05, 0) is 62.0 Å². The molecule has 0 bridgehead atoms. The molecule has 0 aliphatic heterocycles. The van der Waals surface area contributed by atoms with Crippen molar-refractivity contribution in [1.29, 1.82) is 0 Å². The zero-order valence-electron chi connectivity index (χ0n) is 15.3. The lowest BCUT2D eigenvalue weighted by Gasteiger charge is -2.09. The number of unbranched alkanes of at least 4 members (excludes halogenated alkanes) is 1. The number of carbonyl (C=O) groups is 1. The maximum absolute atomic E-state index is 11.9. The van der Waals surface area contributed by atoms with Gasteiger partial charge in [0.05, 0.1) is 0 Å². The quantitative estimate of drug-likeness (QED) is 0.589. The van der Waals surface area contributed by atoms with Crippen molar-refractivity contribution < 1.29 is 4.79 Å². The highest BCUT2D eigenvalue weighted by Gasteiger charge is 2.02. The van der Waals surface area contributed by atoms with Gasteiger partial charge in [-0.3, -0.25) is 4.79 Å². The summed E-state index contributed by atoms with van der Waals surface area (Å²) in [6.07, 6.45) is 5.94. The number of hydrogen-bond acceptors (Lipinski definition) is 2. The highest BCUT2D eigenvalue weighted by molar-refractivity contribution is 5.90. The molecule has 0 aliphatic rings. The number of aryl methyl sites for hydroxylation is 1. The Labute approximate surface area is 151 Å². The summed E-state index contributed by atoms with van der Waals surface area (Å²) in [5.41, 5.74) is 3.81. The van der Waals surface area contributed by atoms with Crippen LogP contribution in [0.5, 0.6) is 0 Å². The van der Waals surface area contributed by atoms with E-state index in [-0.39, 0.29) is 5.91 Å². The zero-order chi connectivity index (χ0) is 17.7. The van der Waals surface area contributed by atoms with Crippen molar-refractivity contribution in [2.75, 3.05) is 18.4 Å². The molecule has 0 fully saturated rings. The Morgan fingerprint density at radius 2 is 1.52 bits per heavy atom. The average Bonchev–Trinajstić information content (AvgIpc) is 2.63. The molecule has 2 aromatic carbocycles. The van der Waals surface area contributed by atoms with E-state index in [1.54, 1.807) is 0 Å². The molecule has 2 rings (SSSR count). The number of anilines is 1. The number of nitrogens with one attached hydrogen (secondary N) is 2. The summed E-state index contributed by atoms with van der Waals surface area (Å²) in [4.78, 5) is 11.9. The summed E-state index contributed by atoms with van der Waals surface area (Å²) < 4.78 is 0. The largest absolute Gasteiger partial charge is 0.326 e. The molecule has 0 radical (unpaired) electrons. The van der Waals surface area contributed by atoms with E-state index < -0.39 is 0 Å². The highest BCUT2D eigenvalue weighted by Crippen LogP contribution is 2.11. The predicted octanol–water partition coefficient (Wildman–Crippen LogP) is 4.58. The molecule has 25 heavy (non-hydrogen) atoms. The minimum atomic E-state index is 0.0969. The monoisotopic (exact) mass is 338 g/mol. The first-order valence-electron chi connectivity index (χ1n) is 9.42. The van der Waals surface area contributed by atoms with Crippen LogP contribution in [0.1, 0.15) is 43.7 Å². The van der Waals surface area contributed by atoms with Crippen LogP contribution in [-0.2, 0) is 17.6 Å². The molecule has 0 aromatic heterocycles. The summed E-state index contributed by atoms with van der Waals surface area (Å²) in [5.74, 6) is 0.0969. The van der Waals surface area contributed by atoms with Crippen LogP contribution in [0.15, 0.2) is 54.6 Å². The Morgan fingerprint density at radius 3 is 2.24 bits per heavy atom. The minimum Gasteiger partial charge on any atom is -0.326 e. The maximum Gasteiger partial charge on any atom is 0.224 e. The fourth-order valence-corrected chi connectivity index (χ4v) is 2.94. The van der Waals surface area contributed by atoms with Crippen molar-refractivity contribution in [2.24, 2.45) is 0 Å². The number of para-hydroxylation sites is 1. The maximum atomic E-state index is 11.9. The normalized spacial score (nSPS) is 10.6. The van der Waals surface area contributed by atoms with Crippen LogP contribution in [0.25, 0.3) is 0 Å². The first kappa shape index (κ1) is 19.2. The Kier molecular flexibility index (Phi) is 8.78. The molecule has 1 amide bonds. The van der Waals surface area contributed by atoms with Crippen LogP contribution in [0.3, 0.4) is 0 Å². The second-order valence-corrected chi connectivity index (χ2v) is 6.39. The Balaban J connectivity index is 1.54. The lowest BCUT2D eigenvalue weighted by Crippen LogP contribution is -2.19. The number of amides is 1. The predicted molar refractivity (Wildman–Crippen MR) is 106 cm³/mol. The SMILES string of the molecule is CCCc1ccccc1CCNCCCCC(=O)Nc1ccccc1. The molecule has 2 aromatic rings. The van der Waals surface area contributed by atoms with Crippen molar-refractivity contribution in [2.45, 2.75) is 45.4 Å². The highest BCUT2D eigenvalue weighted by atomic mass is 16.1. The van der Waals surface area contributed by atoms with E-state index in [0.29, 0.717) is 6.42 Å². The molecule has 2 N–H and O–H groups in total. The Morgan fingerprint density at radius 1 is 0.840 bits per heavy atom. The van der Waals surface area contributed by atoms with Gasteiger partial charge in [0.1, 0.15) is 0 Å². The van der Waals surface area contributed by atoms with Crippen molar-refractivity contribution in [1.82, 2.24) is 5.32 Å². The smallest absolute Gasteiger partial charge is 0.224 e. The summed E-state index contributed by atoms with van der Waals surface area (Å²) >= 11 is 0. The summed E-state index contributed by atoms with van der Waals surface area (Å²) in [6.45, 7) is 4.19. The van der Waals surface area contributed by atoms with Gasteiger partial charge < -0.3 is 10.6 Å². The van der Waals surface area contributed by atoms with Crippen LogP contribution in [0, 0.1) is 0 Å². The van der Waals surface area contributed by atoms with Gasteiger partial charge in [-0.2, -0.15) is 0 Å². The van der Waals surface area contributed by atoms with Crippen LogP contribution in [-0.4, -0.2) is 19.0 Å². The molecule has 0 aliphatic carbocycles. The fourth-order valence-electron chi connectivity index (χ4n) is 2.94. The third kappa shape index (κ3) is 7.53. The van der Waals surface area contributed by atoms with Gasteiger partial charge in [0.25, 0.3) is 0 Å². The second-order valence-electron chi connectivity index (χ2n) is 6.39. The van der Waals surface area contributed by atoms with Crippen LogP contribution in [0.4, 0.5) is 5.69 Å². The van der Waals surface area contributed by atoms with Gasteiger partial charge in [0, 0.05) is 12.1 Å². The van der Waals surface area contributed by atoms with Crippen molar-refractivity contribution >= 4 is 11.6 Å². The van der Waals surface area contributed by atoms with Gasteiger partial charge >= 0.3 is 0 Å². The molecule has 134 valence electrons. The molecule has 0 atom stereocenters. The summed E-state index contributed by atoms with van der Waals surface area (Å²) in [6, 6.07) is 18.4. The van der Waals surface area contributed by atoms with E-state index >= 15 is 0 Å². The zero-order valence-corrected chi connectivity index (χ0v) is 15.3. The van der Waals surface area contributed by atoms with Crippen LogP contribution in [0.2, 0.25) is 0 Å². The van der Waals surface area contributed by atoms with Gasteiger partial charge in [-0.15, -0.1) is 0 Å². The van der Waals surface area contributed by atoms with Crippen LogP contribution >= 0.6 is 0 Å². The van der Waals surface area contributed by atoms with Gasteiger partial charge in [-0.1, -0.05) is 55.8 Å². The van der Waals surface area contributed by atoms with Gasteiger partial charge in [-0.25, -0.2) is 0 Å². The van der Waals surface area contributed by atoms with Crippen molar-refractivity contribution in [3.63, 3.8) is 0 Å². The Bertz CT molecular complexity index is 625. The lowest BCUT2D eigenvalue weighted by molar-refractivity contribution is -0.116. The topological polar surface area (TPSA) is 41.1 Å². The molecule has 0 heterocycles. The molecule has 0 unspecified atom stereocenters. The van der Waals surface area contributed by atoms with E-state index in [1.165, 1.54) is 17.5 Å². The molecule has 0 saturated carbocycles.